The highest BCUT2D eigenvalue weighted by Gasteiger charge is 2.52. The number of carboxylic acids is 1. The number of amides is 1. The van der Waals surface area contributed by atoms with Gasteiger partial charge in [-0.25, -0.2) is 0 Å². The maximum Gasteiger partial charge on any atom is 0.306 e. The molecule has 100 valence electrons. The molecule has 1 saturated heterocycles. The number of carbonyl (C=O) groups is 2. The van der Waals surface area contributed by atoms with Crippen LogP contribution in [0.25, 0.3) is 0 Å². The number of carboxylic acid groups (broad SMARTS) is 1. The standard InChI is InChI=1S/C13H19NO4/c15-12(16)5-9-7-14(3-4-18-9)13(17)11-6-10(11)8-1-2-8/h8-11H,1-7H2,(H,15,16)/t9-,10+,11-/m1/s1. The summed E-state index contributed by atoms with van der Waals surface area (Å²) in [5, 5.41) is 8.75. The number of carbonyl (C=O) groups excluding carboxylic acids is 1. The summed E-state index contributed by atoms with van der Waals surface area (Å²) >= 11 is 0. The van der Waals surface area contributed by atoms with E-state index in [9.17, 15) is 9.59 Å². The molecule has 1 aliphatic heterocycles. The molecule has 5 nitrogen and oxygen atoms in total. The molecule has 3 fully saturated rings. The van der Waals surface area contributed by atoms with Crippen LogP contribution in [0.5, 0.6) is 0 Å². The monoisotopic (exact) mass is 253 g/mol. The predicted molar refractivity (Wildman–Crippen MR) is 62.9 cm³/mol. The van der Waals surface area contributed by atoms with Crippen LogP contribution in [0.4, 0.5) is 0 Å². The van der Waals surface area contributed by atoms with Gasteiger partial charge in [0.15, 0.2) is 0 Å². The van der Waals surface area contributed by atoms with E-state index < -0.39 is 5.97 Å². The average molecular weight is 253 g/mol. The summed E-state index contributed by atoms with van der Waals surface area (Å²) in [6, 6.07) is 0. The van der Waals surface area contributed by atoms with Crippen LogP contribution in [0.15, 0.2) is 0 Å². The lowest BCUT2D eigenvalue weighted by Gasteiger charge is -2.32. The van der Waals surface area contributed by atoms with E-state index in [0.29, 0.717) is 25.6 Å². The minimum Gasteiger partial charge on any atom is -0.481 e. The molecule has 2 aliphatic carbocycles. The average Bonchev–Trinajstić information content (AvgIpc) is 3.17. The number of hydrogen-bond acceptors (Lipinski definition) is 3. The Morgan fingerprint density at radius 3 is 2.78 bits per heavy atom. The van der Waals surface area contributed by atoms with Crippen LogP contribution < -0.4 is 0 Å². The van der Waals surface area contributed by atoms with Gasteiger partial charge < -0.3 is 14.7 Å². The molecule has 0 bridgehead atoms. The fourth-order valence-electron chi connectivity index (χ4n) is 3.02. The number of hydrogen-bond donors (Lipinski definition) is 1. The van der Waals surface area contributed by atoms with Gasteiger partial charge in [-0.05, 0) is 31.1 Å². The molecule has 0 radical (unpaired) electrons. The third-order valence-corrected chi connectivity index (χ3v) is 4.24. The molecule has 1 amide bonds. The second kappa shape index (κ2) is 4.53. The maximum atomic E-state index is 12.3. The van der Waals surface area contributed by atoms with Gasteiger partial charge in [0.1, 0.15) is 0 Å². The number of aliphatic carboxylic acids is 1. The molecule has 0 aromatic heterocycles. The highest BCUT2D eigenvalue weighted by molar-refractivity contribution is 5.82. The molecule has 3 atom stereocenters. The zero-order valence-electron chi connectivity index (χ0n) is 10.4. The Kier molecular flexibility index (Phi) is 3.01. The van der Waals surface area contributed by atoms with Crippen molar-refractivity contribution >= 4 is 11.9 Å². The highest BCUT2D eigenvalue weighted by atomic mass is 16.5. The van der Waals surface area contributed by atoms with Gasteiger partial charge in [-0.15, -0.1) is 0 Å². The number of morpholine rings is 1. The van der Waals surface area contributed by atoms with Gasteiger partial charge in [-0.1, -0.05) is 0 Å². The van der Waals surface area contributed by atoms with Crippen LogP contribution in [0.2, 0.25) is 0 Å². The third kappa shape index (κ3) is 2.51. The van der Waals surface area contributed by atoms with E-state index in [1.165, 1.54) is 12.8 Å². The van der Waals surface area contributed by atoms with E-state index in [0.717, 1.165) is 12.3 Å². The first-order valence-electron chi connectivity index (χ1n) is 6.77. The number of rotatable bonds is 4. The Morgan fingerprint density at radius 2 is 2.11 bits per heavy atom. The predicted octanol–water partition coefficient (Wildman–Crippen LogP) is 0.735. The lowest BCUT2D eigenvalue weighted by molar-refractivity contribution is -0.148. The van der Waals surface area contributed by atoms with Crippen molar-refractivity contribution < 1.29 is 19.4 Å². The Hall–Kier alpha value is -1.10. The van der Waals surface area contributed by atoms with Gasteiger partial charge >= 0.3 is 5.97 Å². The summed E-state index contributed by atoms with van der Waals surface area (Å²) in [4.78, 5) is 24.7. The van der Waals surface area contributed by atoms with E-state index in [1.54, 1.807) is 0 Å². The van der Waals surface area contributed by atoms with Crippen LogP contribution in [0, 0.1) is 17.8 Å². The molecule has 3 rings (SSSR count). The molecule has 0 unspecified atom stereocenters. The van der Waals surface area contributed by atoms with Crippen LogP contribution in [0.1, 0.15) is 25.7 Å². The van der Waals surface area contributed by atoms with E-state index in [4.69, 9.17) is 9.84 Å². The Balaban J connectivity index is 1.52. The van der Waals surface area contributed by atoms with Gasteiger partial charge in [0.2, 0.25) is 5.91 Å². The summed E-state index contributed by atoms with van der Waals surface area (Å²) in [6.45, 7) is 1.52. The highest BCUT2D eigenvalue weighted by Crippen LogP contribution is 2.54. The molecule has 1 N–H and O–H groups in total. The summed E-state index contributed by atoms with van der Waals surface area (Å²) in [7, 11) is 0. The van der Waals surface area contributed by atoms with E-state index in [-0.39, 0.29) is 24.3 Å². The molecule has 3 aliphatic rings. The van der Waals surface area contributed by atoms with E-state index in [2.05, 4.69) is 0 Å². The van der Waals surface area contributed by atoms with Crippen molar-refractivity contribution in [2.45, 2.75) is 31.8 Å². The minimum absolute atomic E-state index is 0.0134. The van der Waals surface area contributed by atoms with Gasteiger partial charge in [-0.2, -0.15) is 0 Å². The molecule has 2 saturated carbocycles. The van der Waals surface area contributed by atoms with Crippen LogP contribution in [0.3, 0.4) is 0 Å². The van der Waals surface area contributed by atoms with Gasteiger partial charge in [0.25, 0.3) is 0 Å². The van der Waals surface area contributed by atoms with Gasteiger partial charge in [-0.3, -0.25) is 9.59 Å². The molecule has 0 aromatic rings. The van der Waals surface area contributed by atoms with Crippen molar-refractivity contribution in [3.8, 4) is 0 Å². The van der Waals surface area contributed by atoms with Crippen molar-refractivity contribution in [3.63, 3.8) is 0 Å². The van der Waals surface area contributed by atoms with Crippen LogP contribution >= 0.6 is 0 Å². The second-order valence-corrected chi connectivity index (χ2v) is 5.72. The smallest absolute Gasteiger partial charge is 0.306 e. The van der Waals surface area contributed by atoms with E-state index >= 15 is 0 Å². The Labute approximate surface area is 106 Å². The minimum atomic E-state index is -0.864. The van der Waals surface area contributed by atoms with Crippen molar-refractivity contribution in [2.24, 2.45) is 17.8 Å². The molecule has 5 heteroatoms. The fourth-order valence-corrected chi connectivity index (χ4v) is 3.02. The zero-order valence-corrected chi connectivity index (χ0v) is 10.4. The first kappa shape index (κ1) is 12.0. The molecule has 0 spiro atoms. The summed E-state index contributed by atoms with van der Waals surface area (Å²) in [5.74, 6) is 1.01. The lowest BCUT2D eigenvalue weighted by Crippen LogP contribution is -2.47. The van der Waals surface area contributed by atoms with Crippen LogP contribution in [-0.2, 0) is 14.3 Å². The molecule has 18 heavy (non-hydrogen) atoms. The second-order valence-electron chi connectivity index (χ2n) is 5.72. The fraction of sp³-hybridized carbons (Fsp3) is 0.846. The summed E-state index contributed by atoms with van der Waals surface area (Å²) in [5.41, 5.74) is 0. The molecular formula is C13H19NO4. The number of ether oxygens (including phenoxy) is 1. The van der Waals surface area contributed by atoms with Crippen molar-refractivity contribution in [1.29, 1.82) is 0 Å². The van der Waals surface area contributed by atoms with Crippen LogP contribution in [-0.4, -0.2) is 47.7 Å². The molecule has 0 aromatic carbocycles. The van der Waals surface area contributed by atoms with E-state index in [1.807, 2.05) is 4.90 Å². The molecular weight excluding hydrogens is 234 g/mol. The van der Waals surface area contributed by atoms with Crippen molar-refractivity contribution in [2.75, 3.05) is 19.7 Å². The summed E-state index contributed by atoms with van der Waals surface area (Å²) in [6.07, 6.45) is 3.28. The quantitative estimate of drug-likeness (QED) is 0.802. The Bertz CT molecular complexity index is 366. The SMILES string of the molecule is O=C(O)C[C@@H]1CN(C(=O)[C@@H]2C[C@H]2C2CC2)CCO1. The van der Waals surface area contributed by atoms with Crippen molar-refractivity contribution in [1.82, 2.24) is 4.90 Å². The largest absolute Gasteiger partial charge is 0.481 e. The summed E-state index contributed by atoms with van der Waals surface area (Å²) < 4.78 is 5.38. The van der Waals surface area contributed by atoms with Gasteiger partial charge in [0, 0.05) is 19.0 Å². The topological polar surface area (TPSA) is 66.8 Å². The normalized spacial score (nSPS) is 35.3. The lowest BCUT2D eigenvalue weighted by atomic mass is 10.1. The number of nitrogens with zero attached hydrogens (tertiary/aromatic N) is 1. The zero-order chi connectivity index (χ0) is 12.7. The van der Waals surface area contributed by atoms with Crippen molar-refractivity contribution in [3.05, 3.63) is 0 Å². The third-order valence-electron chi connectivity index (χ3n) is 4.24. The first-order valence-corrected chi connectivity index (χ1v) is 6.77. The maximum absolute atomic E-state index is 12.3. The molecule has 1 heterocycles. The first-order chi connectivity index (χ1) is 8.65. The van der Waals surface area contributed by atoms with Gasteiger partial charge in [0.05, 0.1) is 19.1 Å². The Morgan fingerprint density at radius 1 is 1.33 bits per heavy atom.